The summed E-state index contributed by atoms with van der Waals surface area (Å²) in [5, 5.41) is 10.7. The zero-order valence-corrected chi connectivity index (χ0v) is 18.9. The predicted molar refractivity (Wildman–Crippen MR) is 121 cm³/mol. The van der Waals surface area contributed by atoms with E-state index in [-0.39, 0.29) is 23.0 Å². The largest absolute Gasteiger partial charge is 0.493 e. The molecule has 0 spiro atoms. The number of aromatic nitrogens is 1. The molecule has 2 aromatic carbocycles. The first-order chi connectivity index (χ1) is 15.3. The molecule has 1 heterocycles. The SMILES string of the molecule is CCOC(=O)[C@@H](O)c1c(C)nc(C)c(-c2ccc(OCCc3ccc(F)cc3)cc2)c1Cl. The standard InChI is InChI=1S/C25H25ClFNO4/c1-4-31-25(30)24(29)22-16(3)28-15(2)21(23(22)26)18-7-11-20(12-8-18)32-14-13-17-5-9-19(27)10-6-17/h5-12,24,29H,4,13-14H2,1-3H3/t24-/m0/s1. The van der Waals surface area contributed by atoms with E-state index in [0.717, 1.165) is 11.1 Å². The van der Waals surface area contributed by atoms with Crippen LogP contribution in [0.3, 0.4) is 0 Å². The molecule has 1 aromatic heterocycles. The molecule has 168 valence electrons. The van der Waals surface area contributed by atoms with Gasteiger partial charge in [-0.2, -0.15) is 0 Å². The van der Waals surface area contributed by atoms with E-state index in [1.165, 1.54) is 12.1 Å². The highest BCUT2D eigenvalue weighted by molar-refractivity contribution is 6.34. The van der Waals surface area contributed by atoms with Crippen LogP contribution in [0, 0.1) is 19.7 Å². The number of carbonyl (C=O) groups excluding carboxylic acids is 1. The molecule has 5 nitrogen and oxygen atoms in total. The maximum absolute atomic E-state index is 13.0. The number of ether oxygens (including phenoxy) is 2. The summed E-state index contributed by atoms with van der Waals surface area (Å²) in [6.45, 7) is 5.79. The molecule has 0 bridgehead atoms. The van der Waals surface area contributed by atoms with E-state index in [2.05, 4.69) is 4.98 Å². The quantitative estimate of drug-likeness (QED) is 0.460. The minimum atomic E-state index is -1.51. The number of aryl methyl sites for hydroxylation is 2. The summed E-state index contributed by atoms with van der Waals surface area (Å²) < 4.78 is 23.7. The molecule has 0 radical (unpaired) electrons. The van der Waals surface area contributed by atoms with E-state index in [0.29, 0.717) is 35.7 Å². The van der Waals surface area contributed by atoms with Crippen LogP contribution in [0.2, 0.25) is 5.02 Å². The predicted octanol–water partition coefficient (Wildman–Crippen LogP) is 5.38. The fraction of sp³-hybridized carbons (Fsp3) is 0.280. The van der Waals surface area contributed by atoms with Crippen molar-refractivity contribution < 1.29 is 23.8 Å². The molecule has 0 aliphatic rings. The number of hydrogen-bond acceptors (Lipinski definition) is 5. The highest BCUT2D eigenvalue weighted by Gasteiger charge is 2.27. The second-order valence-corrected chi connectivity index (χ2v) is 7.67. The van der Waals surface area contributed by atoms with Crippen LogP contribution in [0.4, 0.5) is 4.39 Å². The van der Waals surface area contributed by atoms with Crippen molar-refractivity contribution in [2.75, 3.05) is 13.2 Å². The number of rotatable bonds is 8. The molecule has 7 heteroatoms. The van der Waals surface area contributed by atoms with Crippen molar-refractivity contribution in [1.82, 2.24) is 4.98 Å². The van der Waals surface area contributed by atoms with Gasteiger partial charge in [0, 0.05) is 28.9 Å². The lowest BCUT2D eigenvalue weighted by Gasteiger charge is -2.18. The Hall–Kier alpha value is -2.96. The molecule has 3 aromatic rings. The van der Waals surface area contributed by atoms with Gasteiger partial charge in [-0.1, -0.05) is 35.9 Å². The number of carbonyl (C=O) groups is 1. The molecule has 0 saturated heterocycles. The number of pyridine rings is 1. The number of nitrogens with zero attached hydrogens (tertiary/aromatic N) is 1. The average Bonchev–Trinajstić information content (AvgIpc) is 2.76. The summed E-state index contributed by atoms with van der Waals surface area (Å²) in [6, 6.07) is 13.7. The summed E-state index contributed by atoms with van der Waals surface area (Å²) in [5.41, 5.74) is 3.79. The van der Waals surface area contributed by atoms with Crippen LogP contribution in [-0.2, 0) is 16.0 Å². The van der Waals surface area contributed by atoms with Gasteiger partial charge in [-0.05, 0) is 56.2 Å². The Morgan fingerprint density at radius 3 is 2.38 bits per heavy atom. The summed E-state index contributed by atoms with van der Waals surface area (Å²) >= 11 is 6.63. The van der Waals surface area contributed by atoms with Gasteiger partial charge in [0.05, 0.1) is 18.2 Å². The minimum absolute atomic E-state index is 0.154. The van der Waals surface area contributed by atoms with Gasteiger partial charge >= 0.3 is 5.97 Å². The van der Waals surface area contributed by atoms with E-state index in [9.17, 15) is 14.3 Å². The summed E-state index contributed by atoms with van der Waals surface area (Å²) in [4.78, 5) is 16.5. The smallest absolute Gasteiger partial charge is 0.339 e. The maximum Gasteiger partial charge on any atom is 0.339 e. The fourth-order valence-electron chi connectivity index (χ4n) is 3.47. The molecule has 0 aliphatic heterocycles. The van der Waals surface area contributed by atoms with Crippen molar-refractivity contribution in [3.8, 4) is 16.9 Å². The monoisotopic (exact) mass is 457 g/mol. The van der Waals surface area contributed by atoms with Crippen molar-refractivity contribution in [2.24, 2.45) is 0 Å². The second kappa shape index (κ2) is 10.6. The number of halogens is 2. The van der Waals surface area contributed by atoms with Gasteiger partial charge < -0.3 is 14.6 Å². The zero-order chi connectivity index (χ0) is 23.3. The Bertz CT molecular complexity index is 1080. The Balaban J connectivity index is 1.78. The van der Waals surface area contributed by atoms with Crippen molar-refractivity contribution in [3.05, 3.63) is 81.9 Å². The van der Waals surface area contributed by atoms with Crippen molar-refractivity contribution >= 4 is 17.6 Å². The molecule has 0 unspecified atom stereocenters. The van der Waals surface area contributed by atoms with Crippen molar-refractivity contribution in [1.29, 1.82) is 0 Å². The van der Waals surface area contributed by atoms with Gasteiger partial charge in [-0.15, -0.1) is 0 Å². The minimum Gasteiger partial charge on any atom is -0.493 e. The lowest BCUT2D eigenvalue weighted by molar-refractivity contribution is -0.153. The zero-order valence-electron chi connectivity index (χ0n) is 18.2. The third-order valence-electron chi connectivity index (χ3n) is 5.04. The molecule has 32 heavy (non-hydrogen) atoms. The highest BCUT2D eigenvalue weighted by Crippen LogP contribution is 2.38. The van der Waals surface area contributed by atoms with Crippen molar-refractivity contribution in [2.45, 2.75) is 33.3 Å². The number of esters is 1. The first-order valence-corrected chi connectivity index (χ1v) is 10.7. The molecule has 0 aliphatic carbocycles. The topological polar surface area (TPSA) is 68.7 Å². The van der Waals surface area contributed by atoms with Crippen LogP contribution in [0.1, 0.15) is 35.5 Å². The number of aliphatic hydroxyl groups is 1. The second-order valence-electron chi connectivity index (χ2n) is 7.29. The van der Waals surface area contributed by atoms with E-state index in [1.807, 2.05) is 31.2 Å². The van der Waals surface area contributed by atoms with Crippen LogP contribution in [-0.4, -0.2) is 29.3 Å². The summed E-state index contributed by atoms with van der Waals surface area (Å²) in [7, 11) is 0. The first kappa shape index (κ1) is 23.7. The third kappa shape index (κ3) is 5.44. The molecule has 0 amide bonds. The summed E-state index contributed by atoms with van der Waals surface area (Å²) in [5.74, 6) is -0.349. The Labute approximate surface area is 191 Å². The maximum atomic E-state index is 13.0. The number of aliphatic hydroxyl groups excluding tert-OH is 1. The molecule has 0 fully saturated rings. The third-order valence-corrected chi connectivity index (χ3v) is 5.43. The molecule has 1 N–H and O–H groups in total. The van der Waals surface area contributed by atoms with E-state index in [1.54, 1.807) is 26.0 Å². The Morgan fingerprint density at radius 2 is 1.75 bits per heavy atom. The van der Waals surface area contributed by atoms with Gasteiger partial charge in [0.15, 0.2) is 6.10 Å². The lowest BCUT2D eigenvalue weighted by atomic mass is 9.98. The van der Waals surface area contributed by atoms with Crippen LogP contribution in [0.5, 0.6) is 5.75 Å². The first-order valence-electron chi connectivity index (χ1n) is 10.3. The molecule has 1 atom stereocenters. The van der Waals surface area contributed by atoms with Gasteiger partial charge in [0.25, 0.3) is 0 Å². The van der Waals surface area contributed by atoms with Crippen molar-refractivity contribution in [3.63, 3.8) is 0 Å². The lowest BCUT2D eigenvalue weighted by Crippen LogP contribution is -2.18. The average molecular weight is 458 g/mol. The normalized spacial score (nSPS) is 11.8. The van der Waals surface area contributed by atoms with Crippen LogP contribution >= 0.6 is 11.6 Å². The van der Waals surface area contributed by atoms with Gasteiger partial charge in [-0.3, -0.25) is 4.98 Å². The van der Waals surface area contributed by atoms with E-state index < -0.39 is 12.1 Å². The molecule has 0 saturated carbocycles. The van der Waals surface area contributed by atoms with E-state index in [4.69, 9.17) is 21.1 Å². The Kier molecular flexibility index (Phi) is 7.83. The summed E-state index contributed by atoms with van der Waals surface area (Å²) in [6.07, 6.45) is -0.854. The van der Waals surface area contributed by atoms with Gasteiger partial charge in [0.2, 0.25) is 0 Å². The number of benzene rings is 2. The van der Waals surface area contributed by atoms with Gasteiger partial charge in [-0.25, -0.2) is 9.18 Å². The van der Waals surface area contributed by atoms with Gasteiger partial charge in [0.1, 0.15) is 11.6 Å². The highest BCUT2D eigenvalue weighted by atomic mass is 35.5. The number of hydrogen-bond donors (Lipinski definition) is 1. The molecule has 3 rings (SSSR count). The van der Waals surface area contributed by atoms with Crippen LogP contribution in [0.25, 0.3) is 11.1 Å². The Morgan fingerprint density at radius 1 is 1.09 bits per heavy atom. The van der Waals surface area contributed by atoms with Crippen LogP contribution < -0.4 is 4.74 Å². The van der Waals surface area contributed by atoms with E-state index >= 15 is 0 Å². The molecular formula is C25H25ClFNO4. The van der Waals surface area contributed by atoms with Crippen LogP contribution in [0.15, 0.2) is 48.5 Å². The molecular weight excluding hydrogens is 433 g/mol. The fourth-order valence-corrected chi connectivity index (χ4v) is 3.95.